The highest BCUT2D eigenvalue weighted by Crippen LogP contribution is 2.11. The molecule has 80 valence electrons. The Morgan fingerprint density at radius 2 is 2.07 bits per heavy atom. The van der Waals surface area contributed by atoms with Gasteiger partial charge >= 0.3 is 0 Å². The van der Waals surface area contributed by atoms with E-state index < -0.39 is 0 Å². The van der Waals surface area contributed by atoms with Crippen LogP contribution in [0.1, 0.15) is 45.4 Å². The lowest BCUT2D eigenvalue weighted by Gasteiger charge is -2.00. The minimum atomic E-state index is 0.925. The summed E-state index contributed by atoms with van der Waals surface area (Å²) in [5, 5.41) is 4.27. The van der Waals surface area contributed by atoms with Crippen LogP contribution in [0, 0.1) is 0 Å². The second-order valence-electron chi connectivity index (χ2n) is 3.36. The summed E-state index contributed by atoms with van der Waals surface area (Å²) in [5.74, 6) is 0.950. The maximum Gasteiger partial charge on any atom is 0.202 e. The number of nitrogens with one attached hydrogen (secondary N) is 1. The molecular formula is C10H19N3S. The summed E-state index contributed by atoms with van der Waals surface area (Å²) in [5.41, 5.74) is 0. The molecule has 0 spiro atoms. The Bertz CT molecular complexity index is 247. The number of hydrogen-bond acceptors (Lipinski definition) is 4. The summed E-state index contributed by atoms with van der Waals surface area (Å²) in [4.78, 5) is 4.34. The smallest absolute Gasteiger partial charge is 0.202 e. The number of unbranched alkanes of at least 4 members (excludes halogenated alkanes) is 3. The zero-order valence-corrected chi connectivity index (χ0v) is 9.86. The number of aryl methyl sites for hydroxylation is 1. The summed E-state index contributed by atoms with van der Waals surface area (Å²) in [7, 11) is 0. The highest BCUT2D eigenvalue weighted by molar-refractivity contribution is 7.09. The summed E-state index contributed by atoms with van der Waals surface area (Å²) in [6, 6.07) is 0. The quantitative estimate of drug-likeness (QED) is 0.707. The number of aromatic nitrogens is 2. The van der Waals surface area contributed by atoms with Crippen LogP contribution in [0.4, 0.5) is 5.13 Å². The van der Waals surface area contributed by atoms with Crippen molar-refractivity contribution in [2.75, 3.05) is 11.9 Å². The van der Waals surface area contributed by atoms with E-state index in [0.29, 0.717) is 0 Å². The van der Waals surface area contributed by atoms with Crippen molar-refractivity contribution in [1.29, 1.82) is 0 Å². The monoisotopic (exact) mass is 213 g/mol. The third-order valence-electron chi connectivity index (χ3n) is 2.09. The molecule has 1 N–H and O–H groups in total. The molecule has 0 saturated carbocycles. The first kappa shape index (κ1) is 11.4. The molecule has 0 bridgehead atoms. The Hall–Kier alpha value is -0.640. The highest BCUT2D eigenvalue weighted by Gasteiger charge is 1.99. The van der Waals surface area contributed by atoms with E-state index in [1.165, 1.54) is 37.2 Å². The standard InChI is InChI=1S/C10H19N3S/c1-3-5-6-7-8-11-10-12-9(4-2)13-14-10/h3-8H2,1-2H3,(H,11,12,13). The van der Waals surface area contributed by atoms with Gasteiger partial charge in [0.05, 0.1) is 0 Å². The van der Waals surface area contributed by atoms with Crippen LogP contribution in [0.15, 0.2) is 0 Å². The number of anilines is 1. The van der Waals surface area contributed by atoms with E-state index in [2.05, 4.69) is 28.5 Å². The van der Waals surface area contributed by atoms with Crippen LogP contribution >= 0.6 is 11.5 Å². The van der Waals surface area contributed by atoms with Gasteiger partial charge in [-0.05, 0) is 6.42 Å². The van der Waals surface area contributed by atoms with Gasteiger partial charge in [-0.2, -0.15) is 4.37 Å². The minimum absolute atomic E-state index is 0.925. The Balaban J connectivity index is 2.12. The molecule has 0 aliphatic carbocycles. The summed E-state index contributed by atoms with van der Waals surface area (Å²) in [6.07, 6.45) is 6.09. The van der Waals surface area contributed by atoms with Crippen LogP contribution in [0.3, 0.4) is 0 Å². The van der Waals surface area contributed by atoms with E-state index in [4.69, 9.17) is 0 Å². The van der Waals surface area contributed by atoms with Crippen LogP contribution in [-0.4, -0.2) is 15.9 Å². The molecule has 1 rings (SSSR count). The van der Waals surface area contributed by atoms with E-state index in [1.807, 2.05) is 0 Å². The molecule has 1 aromatic rings. The molecule has 0 aliphatic heterocycles. The molecule has 4 heteroatoms. The third kappa shape index (κ3) is 4.05. The van der Waals surface area contributed by atoms with Crippen molar-refractivity contribution in [3.05, 3.63) is 5.82 Å². The minimum Gasteiger partial charge on any atom is -0.360 e. The molecule has 0 aromatic carbocycles. The van der Waals surface area contributed by atoms with Crippen LogP contribution in [-0.2, 0) is 6.42 Å². The molecule has 1 heterocycles. The lowest BCUT2D eigenvalue weighted by atomic mass is 10.2. The Labute approximate surface area is 90.1 Å². The molecule has 14 heavy (non-hydrogen) atoms. The maximum atomic E-state index is 4.34. The molecule has 1 aromatic heterocycles. The van der Waals surface area contributed by atoms with Crippen molar-refractivity contribution >= 4 is 16.7 Å². The Kier molecular flexibility index (Phi) is 5.52. The van der Waals surface area contributed by atoms with Gasteiger partial charge in [0.25, 0.3) is 0 Å². The average molecular weight is 213 g/mol. The summed E-state index contributed by atoms with van der Waals surface area (Å²) >= 11 is 1.47. The van der Waals surface area contributed by atoms with Crippen LogP contribution in [0.5, 0.6) is 0 Å². The SMILES string of the molecule is CCCCCCNc1nc(CC)ns1. The number of nitrogens with zero attached hydrogens (tertiary/aromatic N) is 2. The second-order valence-corrected chi connectivity index (χ2v) is 4.11. The van der Waals surface area contributed by atoms with Crippen LogP contribution in [0.25, 0.3) is 0 Å². The fraction of sp³-hybridized carbons (Fsp3) is 0.800. The zero-order valence-electron chi connectivity index (χ0n) is 9.05. The molecule has 0 radical (unpaired) electrons. The van der Waals surface area contributed by atoms with Gasteiger partial charge in [-0.1, -0.05) is 33.1 Å². The fourth-order valence-electron chi connectivity index (χ4n) is 1.22. The van der Waals surface area contributed by atoms with E-state index in [9.17, 15) is 0 Å². The van der Waals surface area contributed by atoms with Crippen molar-refractivity contribution < 1.29 is 0 Å². The second kappa shape index (κ2) is 6.76. The van der Waals surface area contributed by atoms with E-state index >= 15 is 0 Å². The van der Waals surface area contributed by atoms with Gasteiger partial charge in [0.2, 0.25) is 5.13 Å². The van der Waals surface area contributed by atoms with Gasteiger partial charge < -0.3 is 5.32 Å². The van der Waals surface area contributed by atoms with Crippen molar-refractivity contribution in [1.82, 2.24) is 9.36 Å². The van der Waals surface area contributed by atoms with Gasteiger partial charge in [-0.3, -0.25) is 0 Å². The topological polar surface area (TPSA) is 37.8 Å². The Morgan fingerprint density at radius 1 is 1.21 bits per heavy atom. The van der Waals surface area contributed by atoms with Crippen molar-refractivity contribution in [2.45, 2.75) is 46.0 Å². The molecule has 0 fully saturated rings. The van der Waals surface area contributed by atoms with E-state index in [1.54, 1.807) is 0 Å². The molecule has 0 amide bonds. The fourth-order valence-corrected chi connectivity index (χ4v) is 1.89. The normalized spacial score (nSPS) is 10.4. The average Bonchev–Trinajstić information content (AvgIpc) is 2.65. The lowest BCUT2D eigenvalue weighted by Crippen LogP contribution is -2.00. The number of hydrogen-bond donors (Lipinski definition) is 1. The van der Waals surface area contributed by atoms with Crippen molar-refractivity contribution in [3.8, 4) is 0 Å². The number of rotatable bonds is 7. The van der Waals surface area contributed by atoms with Crippen molar-refractivity contribution in [3.63, 3.8) is 0 Å². The third-order valence-corrected chi connectivity index (χ3v) is 2.80. The van der Waals surface area contributed by atoms with Gasteiger partial charge in [0.1, 0.15) is 5.82 Å². The van der Waals surface area contributed by atoms with Crippen molar-refractivity contribution in [2.24, 2.45) is 0 Å². The van der Waals surface area contributed by atoms with Gasteiger partial charge in [-0.15, -0.1) is 0 Å². The summed E-state index contributed by atoms with van der Waals surface area (Å²) in [6.45, 7) is 5.33. The van der Waals surface area contributed by atoms with Gasteiger partial charge in [-0.25, -0.2) is 4.98 Å². The molecule has 0 unspecified atom stereocenters. The molecule has 0 atom stereocenters. The molecule has 3 nitrogen and oxygen atoms in total. The summed E-state index contributed by atoms with van der Waals surface area (Å²) < 4.78 is 4.22. The lowest BCUT2D eigenvalue weighted by molar-refractivity contribution is 0.685. The van der Waals surface area contributed by atoms with Gasteiger partial charge in [0, 0.05) is 24.5 Å². The van der Waals surface area contributed by atoms with E-state index in [-0.39, 0.29) is 0 Å². The van der Waals surface area contributed by atoms with E-state index in [0.717, 1.165) is 23.9 Å². The predicted molar refractivity (Wildman–Crippen MR) is 61.9 cm³/mol. The van der Waals surface area contributed by atoms with Crippen LogP contribution in [0.2, 0.25) is 0 Å². The first-order chi connectivity index (χ1) is 6.86. The molecular weight excluding hydrogens is 194 g/mol. The molecule has 0 aliphatic rings. The maximum absolute atomic E-state index is 4.34. The highest BCUT2D eigenvalue weighted by atomic mass is 32.1. The molecule has 0 saturated heterocycles. The predicted octanol–water partition coefficient (Wildman–Crippen LogP) is 3.09. The zero-order chi connectivity index (χ0) is 10.2. The largest absolute Gasteiger partial charge is 0.360 e. The Morgan fingerprint density at radius 3 is 2.71 bits per heavy atom. The van der Waals surface area contributed by atoms with Gasteiger partial charge in [0.15, 0.2) is 0 Å². The first-order valence-corrected chi connectivity index (χ1v) is 6.20. The first-order valence-electron chi connectivity index (χ1n) is 5.43. The van der Waals surface area contributed by atoms with Crippen LogP contribution < -0.4 is 5.32 Å².